The maximum atomic E-state index is 3.76. The van der Waals surface area contributed by atoms with E-state index in [1.807, 2.05) is 11.3 Å². The van der Waals surface area contributed by atoms with Gasteiger partial charge in [-0.05, 0) is 69.1 Å². The highest BCUT2D eigenvalue weighted by molar-refractivity contribution is 7.10. The van der Waals surface area contributed by atoms with E-state index in [0.717, 1.165) is 12.0 Å². The van der Waals surface area contributed by atoms with E-state index in [2.05, 4.69) is 35.6 Å². The van der Waals surface area contributed by atoms with E-state index in [1.54, 1.807) is 4.88 Å². The van der Waals surface area contributed by atoms with Gasteiger partial charge in [0.1, 0.15) is 0 Å². The van der Waals surface area contributed by atoms with Crippen molar-refractivity contribution >= 4 is 11.3 Å². The number of nitrogens with zero attached hydrogens (tertiary/aromatic N) is 1. The standard InChI is InChI=1S/C16H26N2S/c1-12-8-10-19-16(12)15-13(11-17-14-6-7-14)5-3-4-9-18(15)2/h8,10,13-15,17H,3-7,9,11H2,1-2H3. The molecule has 0 spiro atoms. The van der Waals surface area contributed by atoms with Crippen LogP contribution in [0.15, 0.2) is 11.4 Å². The minimum Gasteiger partial charge on any atom is -0.314 e. The lowest BCUT2D eigenvalue weighted by atomic mass is 9.92. The van der Waals surface area contributed by atoms with Crippen molar-refractivity contribution in [3.8, 4) is 0 Å². The molecule has 0 radical (unpaired) electrons. The van der Waals surface area contributed by atoms with E-state index >= 15 is 0 Å². The van der Waals surface area contributed by atoms with Crippen LogP contribution in [-0.2, 0) is 0 Å². The third-order valence-electron chi connectivity index (χ3n) is 4.67. The van der Waals surface area contributed by atoms with Gasteiger partial charge in [0.15, 0.2) is 0 Å². The van der Waals surface area contributed by atoms with Gasteiger partial charge < -0.3 is 5.32 Å². The Morgan fingerprint density at radius 3 is 2.84 bits per heavy atom. The number of thiophene rings is 1. The molecule has 1 N–H and O–H groups in total. The molecule has 1 aliphatic carbocycles. The molecular weight excluding hydrogens is 252 g/mol. The van der Waals surface area contributed by atoms with Gasteiger partial charge in [0.2, 0.25) is 0 Å². The van der Waals surface area contributed by atoms with E-state index in [0.29, 0.717) is 6.04 Å². The molecule has 2 aliphatic rings. The largest absolute Gasteiger partial charge is 0.314 e. The quantitative estimate of drug-likeness (QED) is 0.905. The summed E-state index contributed by atoms with van der Waals surface area (Å²) in [5.41, 5.74) is 1.49. The van der Waals surface area contributed by atoms with Crippen LogP contribution in [0.2, 0.25) is 0 Å². The first kappa shape index (κ1) is 13.6. The second-order valence-electron chi connectivity index (χ2n) is 6.33. The van der Waals surface area contributed by atoms with Gasteiger partial charge in [-0.25, -0.2) is 0 Å². The molecule has 0 aromatic carbocycles. The Labute approximate surface area is 121 Å². The average Bonchev–Trinajstić information content (AvgIpc) is 3.16. The van der Waals surface area contributed by atoms with Crippen LogP contribution in [0.1, 0.15) is 48.6 Å². The Hall–Kier alpha value is -0.380. The van der Waals surface area contributed by atoms with Crippen LogP contribution in [0.4, 0.5) is 0 Å². The first-order valence-electron chi connectivity index (χ1n) is 7.73. The molecule has 3 heteroatoms. The predicted molar refractivity (Wildman–Crippen MR) is 82.8 cm³/mol. The number of rotatable bonds is 4. The highest BCUT2D eigenvalue weighted by Gasteiger charge is 2.32. The van der Waals surface area contributed by atoms with Crippen molar-refractivity contribution in [2.75, 3.05) is 20.1 Å². The molecule has 2 heterocycles. The van der Waals surface area contributed by atoms with Crippen molar-refractivity contribution in [3.05, 3.63) is 21.9 Å². The summed E-state index contributed by atoms with van der Waals surface area (Å²) in [5, 5.41) is 6.02. The lowest BCUT2D eigenvalue weighted by molar-refractivity contribution is 0.191. The summed E-state index contributed by atoms with van der Waals surface area (Å²) in [5.74, 6) is 0.783. The van der Waals surface area contributed by atoms with Gasteiger partial charge in [0.25, 0.3) is 0 Å². The minimum absolute atomic E-state index is 0.633. The molecule has 1 aromatic heterocycles. The van der Waals surface area contributed by atoms with Gasteiger partial charge in [-0.3, -0.25) is 4.90 Å². The monoisotopic (exact) mass is 278 g/mol. The zero-order valence-corrected chi connectivity index (χ0v) is 13.0. The predicted octanol–water partition coefficient (Wildman–Crippen LogP) is 3.58. The lowest BCUT2D eigenvalue weighted by Crippen LogP contribution is -2.35. The second-order valence-corrected chi connectivity index (χ2v) is 7.28. The van der Waals surface area contributed by atoms with E-state index in [4.69, 9.17) is 0 Å². The molecule has 19 heavy (non-hydrogen) atoms. The van der Waals surface area contributed by atoms with Gasteiger partial charge in [-0.15, -0.1) is 11.3 Å². The Morgan fingerprint density at radius 2 is 2.16 bits per heavy atom. The Balaban J connectivity index is 1.77. The molecule has 1 saturated carbocycles. The number of hydrogen-bond donors (Lipinski definition) is 1. The van der Waals surface area contributed by atoms with Gasteiger partial charge >= 0.3 is 0 Å². The number of hydrogen-bond acceptors (Lipinski definition) is 3. The molecule has 0 bridgehead atoms. The molecule has 1 aromatic rings. The Kier molecular flexibility index (Phi) is 4.25. The fraction of sp³-hybridized carbons (Fsp3) is 0.750. The molecule has 106 valence electrons. The summed E-state index contributed by atoms with van der Waals surface area (Å²) < 4.78 is 0. The summed E-state index contributed by atoms with van der Waals surface area (Å²) in [7, 11) is 2.32. The maximum absolute atomic E-state index is 3.76. The topological polar surface area (TPSA) is 15.3 Å². The van der Waals surface area contributed by atoms with Crippen LogP contribution in [-0.4, -0.2) is 31.1 Å². The third-order valence-corrected chi connectivity index (χ3v) is 5.76. The van der Waals surface area contributed by atoms with Crippen LogP contribution in [0, 0.1) is 12.8 Å². The summed E-state index contributed by atoms with van der Waals surface area (Å²) >= 11 is 1.95. The minimum atomic E-state index is 0.633. The van der Waals surface area contributed by atoms with Crippen LogP contribution in [0.5, 0.6) is 0 Å². The van der Waals surface area contributed by atoms with Gasteiger partial charge in [-0.1, -0.05) is 6.42 Å². The summed E-state index contributed by atoms with van der Waals surface area (Å²) in [4.78, 5) is 4.21. The highest BCUT2D eigenvalue weighted by atomic mass is 32.1. The van der Waals surface area contributed by atoms with Gasteiger partial charge in [0, 0.05) is 23.5 Å². The van der Waals surface area contributed by atoms with Crippen LogP contribution >= 0.6 is 11.3 Å². The SMILES string of the molecule is Cc1ccsc1C1C(CNC2CC2)CCCCN1C. The number of likely N-dealkylation sites (tertiary alicyclic amines) is 1. The summed E-state index contributed by atoms with van der Waals surface area (Å²) in [6.45, 7) is 4.73. The lowest BCUT2D eigenvalue weighted by Gasteiger charge is -2.32. The van der Waals surface area contributed by atoms with Crippen LogP contribution < -0.4 is 5.32 Å². The molecule has 0 amide bonds. The molecule has 2 fully saturated rings. The summed E-state index contributed by atoms with van der Waals surface area (Å²) in [6, 6.07) is 3.75. The number of aryl methyl sites for hydroxylation is 1. The second kappa shape index (κ2) is 5.94. The van der Waals surface area contributed by atoms with Crippen molar-refractivity contribution in [3.63, 3.8) is 0 Å². The van der Waals surface area contributed by atoms with Crippen molar-refractivity contribution in [2.45, 2.75) is 51.1 Å². The molecule has 1 aliphatic heterocycles. The van der Waals surface area contributed by atoms with Crippen LogP contribution in [0.3, 0.4) is 0 Å². The van der Waals surface area contributed by atoms with E-state index in [-0.39, 0.29) is 0 Å². The smallest absolute Gasteiger partial charge is 0.0481 e. The zero-order chi connectivity index (χ0) is 13.2. The molecular formula is C16H26N2S. The molecule has 2 atom stereocenters. The Morgan fingerprint density at radius 1 is 1.32 bits per heavy atom. The first-order valence-corrected chi connectivity index (χ1v) is 8.61. The normalized spacial score (nSPS) is 29.4. The van der Waals surface area contributed by atoms with Crippen molar-refractivity contribution in [1.82, 2.24) is 10.2 Å². The molecule has 2 nitrogen and oxygen atoms in total. The highest BCUT2D eigenvalue weighted by Crippen LogP contribution is 2.38. The van der Waals surface area contributed by atoms with Crippen molar-refractivity contribution in [1.29, 1.82) is 0 Å². The average molecular weight is 278 g/mol. The number of nitrogens with one attached hydrogen (secondary N) is 1. The first-order chi connectivity index (χ1) is 9.25. The molecule has 1 saturated heterocycles. The Bertz CT molecular complexity index is 411. The van der Waals surface area contributed by atoms with Gasteiger partial charge in [0.05, 0.1) is 0 Å². The zero-order valence-electron chi connectivity index (χ0n) is 12.2. The fourth-order valence-electron chi connectivity index (χ4n) is 3.35. The maximum Gasteiger partial charge on any atom is 0.0481 e. The third kappa shape index (κ3) is 3.21. The van der Waals surface area contributed by atoms with Crippen molar-refractivity contribution < 1.29 is 0 Å². The fourth-order valence-corrected chi connectivity index (χ4v) is 4.53. The van der Waals surface area contributed by atoms with Gasteiger partial charge in [-0.2, -0.15) is 0 Å². The molecule has 2 unspecified atom stereocenters. The molecule has 3 rings (SSSR count). The van der Waals surface area contributed by atoms with E-state index in [1.165, 1.54) is 50.8 Å². The summed E-state index contributed by atoms with van der Waals surface area (Å²) in [6.07, 6.45) is 6.92. The van der Waals surface area contributed by atoms with E-state index in [9.17, 15) is 0 Å². The van der Waals surface area contributed by atoms with E-state index < -0.39 is 0 Å². The van der Waals surface area contributed by atoms with Crippen LogP contribution in [0.25, 0.3) is 0 Å². The van der Waals surface area contributed by atoms with Crippen molar-refractivity contribution in [2.24, 2.45) is 5.92 Å².